The summed E-state index contributed by atoms with van der Waals surface area (Å²) in [5, 5.41) is 27.9. The van der Waals surface area contributed by atoms with E-state index in [0.717, 1.165) is 13.0 Å². The molecular formula is C9H19NO3. The summed E-state index contributed by atoms with van der Waals surface area (Å²) in [7, 11) is 0. The molecule has 13 heavy (non-hydrogen) atoms. The van der Waals surface area contributed by atoms with Crippen molar-refractivity contribution in [1.82, 2.24) is 4.90 Å². The van der Waals surface area contributed by atoms with Crippen LogP contribution in [-0.4, -0.2) is 58.7 Å². The number of hydrogen-bond acceptors (Lipinski definition) is 4. The van der Waals surface area contributed by atoms with Crippen LogP contribution in [0, 0.1) is 5.92 Å². The molecule has 3 N–H and O–H groups in total. The van der Waals surface area contributed by atoms with Gasteiger partial charge in [0.1, 0.15) is 0 Å². The maximum Gasteiger partial charge on any atom is 0.0929 e. The molecule has 0 bridgehead atoms. The van der Waals surface area contributed by atoms with Gasteiger partial charge in [0.2, 0.25) is 0 Å². The second kappa shape index (κ2) is 4.91. The summed E-state index contributed by atoms with van der Waals surface area (Å²) < 4.78 is 0. The van der Waals surface area contributed by atoms with Gasteiger partial charge in [-0.2, -0.15) is 0 Å². The second-order valence-corrected chi connectivity index (χ2v) is 3.76. The number of likely N-dealkylation sites (tertiary alicyclic amines) is 1. The van der Waals surface area contributed by atoms with Gasteiger partial charge in [0.15, 0.2) is 0 Å². The Hall–Kier alpha value is -0.160. The standard InChI is InChI=1S/C9H19NO3/c1-2-3-10-4-7(6-11)9(13)8(12)5-10/h7-9,11-13H,2-6H2,1H3. The molecule has 0 aromatic carbocycles. The Morgan fingerprint density at radius 1 is 1.31 bits per heavy atom. The Balaban J connectivity index is 2.47. The molecule has 4 heteroatoms. The zero-order valence-corrected chi connectivity index (χ0v) is 8.06. The first-order chi connectivity index (χ1) is 6.19. The van der Waals surface area contributed by atoms with E-state index in [1.165, 1.54) is 0 Å². The van der Waals surface area contributed by atoms with Crippen molar-refractivity contribution in [1.29, 1.82) is 0 Å². The van der Waals surface area contributed by atoms with Crippen LogP contribution in [0.4, 0.5) is 0 Å². The second-order valence-electron chi connectivity index (χ2n) is 3.76. The maximum absolute atomic E-state index is 9.49. The lowest BCUT2D eigenvalue weighted by Crippen LogP contribution is -2.53. The first-order valence-corrected chi connectivity index (χ1v) is 4.88. The topological polar surface area (TPSA) is 63.9 Å². The van der Waals surface area contributed by atoms with Crippen molar-refractivity contribution in [3.05, 3.63) is 0 Å². The normalized spacial score (nSPS) is 36.5. The number of β-amino-alcohol motifs (C(OH)–C–C–N with tert-alkyl or cyclic N) is 1. The molecular weight excluding hydrogens is 170 g/mol. The summed E-state index contributed by atoms with van der Waals surface area (Å²) in [5.74, 6) is -0.199. The lowest BCUT2D eigenvalue weighted by Gasteiger charge is -2.38. The summed E-state index contributed by atoms with van der Waals surface area (Å²) in [6, 6.07) is 0. The molecule has 0 spiro atoms. The molecule has 1 rings (SSSR count). The van der Waals surface area contributed by atoms with Crippen LogP contribution in [0.5, 0.6) is 0 Å². The van der Waals surface area contributed by atoms with Gasteiger partial charge in [-0.1, -0.05) is 6.92 Å². The lowest BCUT2D eigenvalue weighted by molar-refractivity contribution is -0.0859. The van der Waals surface area contributed by atoms with Crippen LogP contribution in [0.1, 0.15) is 13.3 Å². The van der Waals surface area contributed by atoms with Crippen molar-refractivity contribution in [2.24, 2.45) is 5.92 Å². The summed E-state index contributed by atoms with van der Waals surface area (Å²) in [6.07, 6.45) is -0.448. The predicted octanol–water partition coefficient (Wildman–Crippen LogP) is -0.958. The zero-order chi connectivity index (χ0) is 9.84. The third kappa shape index (κ3) is 2.64. The highest BCUT2D eigenvalue weighted by atomic mass is 16.3. The van der Waals surface area contributed by atoms with Crippen molar-refractivity contribution in [3.63, 3.8) is 0 Å². The van der Waals surface area contributed by atoms with Crippen molar-refractivity contribution in [2.75, 3.05) is 26.2 Å². The fraction of sp³-hybridized carbons (Fsp3) is 1.00. The Morgan fingerprint density at radius 2 is 2.00 bits per heavy atom. The Bertz CT molecular complexity index is 154. The number of nitrogens with zero attached hydrogens (tertiary/aromatic N) is 1. The van der Waals surface area contributed by atoms with Crippen LogP contribution in [0.2, 0.25) is 0 Å². The third-order valence-electron chi connectivity index (χ3n) is 2.59. The van der Waals surface area contributed by atoms with E-state index in [9.17, 15) is 10.2 Å². The predicted molar refractivity (Wildman–Crippen MR) is 49.3 cm³/mol. The number of rotatable bonds is 3. The highest BCUT2D eigenvalue weighted by Gasteiger charge is 2.33. The minimum atomic E-state index is -0.766. The van der Waals surface area contributed by atoms with Gasteiger partial charge in [0, 0.05) is 25.6 Å². The zero-order valence-electron chi connectivity index (χ0n) is 8.06. The average molecular weight is 189 g/mol. The molecule has 3 atom stereocenters. The Kier molecular flexibility index (Phi) is 4.12. The Labute approximate surface area is 78.8 Å². The quantitative estimate of drug-likeness (QED) is 0.535. The molecule has 0 amide bonds. The minimum absolute atomic E-state index is 0.0571. The van der Waals surface area contributed by atoms with Gasteiger partial charge >= 0.3 is 0 Å². The first-order valence-electron chi connectivity index (χ1n) is 4.88. The number of aliphatic hydroxyl groups excluding tert-OH is 3. The molecule has 1 saturated heterocycles. The number of hydrogen-bond donors (Lipinski definition) is 3. The van der Waals surface area contributed by atoms with Gasteiger partial charge in [-0.25, -0.2) is 0 Å². The van der Waals surface area contributed by atoms with E-state index in [1.807, 2.05) is 0 Å². The van der Waals surface area contributed by atoms with Crippen molar-refractivity contribution >= 4 is 0 Å². The molecule has 0 aromatic heterocycles. The SMILES string of the molecule is CCCN1CC(O)C(O)C(CO)C1. The van der Waals surface area contributed by atoms with Crippen molar-refractivity contribution < 1.29 is 15.3 Å². The van der Waals surface area contributed by atoms with Gasteiger partial charge < -0.3 is 20.2 Å². The first kappa shape index (κ1) is 10.9. The molecule has 0 radical (unpaired) electrons. The molecule has 0 aliphatic carbocycles. The minimum Gasteiger partial charge on any atom is -0.396 e. The van der Waals surface area contributed by atoms with Crippen molar-refractivity contribution in [3.8, 4) is 0 Å². The van der Waals surface area contributed by atoms with Gasteiger partial charge in [-0.3, -0.25) is 0 Å². The fourth-order valence-corrected chi connectivity index (χ4v) is 1.87. The molecule has 1 fully saturated rings. The van der Waals surface area contributed by atoms with Crippen LogP contribution in [0.25, 0.3) is 0 Å². The van der Waals surface area contributed by atoms with E-state index < -0.39 is 12.2 Å². The lowest BCUT2D eigenvalue weighted by atomic mass is 9.93. The van der Waals surface area contributed by atoms with E-state index in [1.54, 1.807) is 0 Å². The summed E-state index contributed by atoms with van der Waals surface area (Å²) >= 11 is 0. The molecule has 1 aliphatic rings. The van der Waals surface area contributed by atoms with Crippen LogP contribution in [0.3, 0.4) is 0 Å². The van der Waals surface area contributed by atoms with Crippen LogP contribution >= 0.6 is 0 Å². The van der Waals surface area contributed by atoms with E-state index in [2.05, 4.69) is 11.8 Å². The monoisotopic (exact) mass is 189 g/mol. The fourth-order valence-electron chi connectivity index (χ4n) is 1.87. The smallest absolute Gasteiger partial charge is 0.0929 e. The molecule has 1 heterocycles. The highest BCUT2D eigenvalue weighted by Crippen LogP contribution is 2.17. The molecule has 1 aliphatic heterocycles. The molecule has 78 valence electrons. The third-order valence-corrected chi connectivity index (χ3v) is 2.59. The molecule has 3 unspecified atom stereocenters. The summed E-state index contributed by atoms with van der Waals surface area (Å²) in [4.78, 5) is 2.08. The number of aliphatic hydroxyl groups is 3. The molecule has 4 nitrogen and oxygen atoms in total. The van der Waals surface area contributed by atoms with Crippen LogP contribution in [-0.2, 0) is 0 Å². The largest absolute Gasteiger partial charge is 0.396 e. The van der Waals surface area contributed by atoms with E-state index in [4.69, 9.17) is 5.11 Å². The van der Waals surface area contributed by atoms with E-state index >= 15 is 0 Å². The molecule has 0 saturated carbocycles. The highest BCUT2D eigenvalue weighted by molar-refractivity contribution is 4.85. The summed E-state index contributed by atoms with van der Waals surface area (Å²) in [5.41, 5.74) is 0. The molecule has 0 aromatic rings. The van der Waals surface area contributed by atoms with Gasteiger partial charge in [0.05, 0.1) is 12.2 Å². The average Bonchev–Trinajstić information content (AvgIpc) is 2.11. The van der Waals surface area contributed by atoms with E-state index in [0.29, 0.717) is 13.1 Å². The van der Waals surface area contributed by atoms with Gasteiger partial charge in [-0.15, -0.1) is 0 Å². The van der Waals surface area contributed by atoms with Crippen LogP contribution < -0.4 is 0 Å². The number of piperidine rings is 1. The van der Waals surface area contributed by atoms with Crippen molar-refractivity contribution in [2.45, 2.75) is 25.6 Å². The Morgan fingerprint density at radius 3 is 2.54 bits per heavy atom. The van der Waals surface area contributed by atoms with Gasteiger partial charge in [-0.05, 0) is 13.0 Å². The summed E-state index contributed by atoms with van der Waals surface area (Å²) in [6.45, 7) is 4.14. The maximum atomic E-state index is 9.49. The van der Waals surface area contributed by atoms with Gasteiger partial charge in [0.25, 0.3) is 0 Å². The van der Waals surface area contributed by atoms with E-state index in [-0.39, 0.29) is 12.5 Å². The van der Waals surface area contributed by atoms with Crippen LogP contribution in [0.15, 0.2) is 0 Å².